The van der Waals surface area contributed by atoms with Crippen molar-refractivity contribution in [3.63, 3.8) is 0 Å². The first-order valence-corrected chi connectivity index (χ1v) is 18.8. The lowest BCUT2D eigenvalue weighted by Crippen LogP contribution is -2.03. The first-order chi connectivity index (χ1) is 27.8. The Labute approximate surface area is 320 Å². The van der Waals surface area contributed by atoms with Crippen LogP contribution in [0.15, 0.2) is 192 Å². The normalized spacial score (nSPS) is 11.9. The van der Waals surface area contributed by atoms with E-state index in [1.165, 1.54) is 5.39 Å². The van der Waals surface area contributed by atoms with Gasteiger partial charge in [0.1, 0.15) is 11.2 Å². The highest BCUT2D eigenvalue weighted by molar-refractivity contribution is 6.24. The second kappa shape index (κ2) is 11.9. The zero-order valence-electron chi connectivity index (χ0n) is 30.0. The van der Waals surface area contributed by atoms with Gasteiger partial charge in [0, 0.05) is 43.7 Å². The summed E-state index contributed by atoms with van der Waals surface area (Å²) >= 11 is 0. The second-order valence-electron chi connectivity index (χ2n) is 14.2. The molecule has 0 N–H and O–H groups in total. The Morgan fingerprint density at radius 3 is 1.68 bits per heavy atom. The van der Waals surface area contributed by atoms with Crippen LogP contribution in [-0.4, -0.2) is 23.9 Å². The first kappa shape index (κ1) is 30.7. The summed E-state index contributed by atoms with van der Waals surface area (Å²) in [5.74, 6) is 1.59. The highest BCUT2D eigenvalue weighted by atomic mass is 16.3. The molecule has 0 aliphatic rings. The van der Waals surface area contributed by atoms with E-state index in [-0.39, 0.29) is 0 Å². The number of furan rings is 1. The largest absolute Gasteiger partial charge is 0.455 e. The summed E-state index contributed by atoms with van der Waals surface area (Å²) in [5, 5.41) is 16.4. The average Bonchev–Trinajstić information content (AvgIpc) is 4.03. The second-order valence-corrected chi connectivity index (χ2v) is 14.2. The van der Waals surface area contributed by atoms with E-state index >= 15 is 0 Å². The fourth-order valence-corrected chi connectivity index (χ4v) is 8.78. The van der Waals surface area contributed by atoms with Crippen LogP contribution >= 0.6 is 0 Å². The molecule has 0 atom stereocenters. The number of para-hydroxylation sites is 6. The molecule has 0 amide bonds. The number of hydrogen-bond acceptors (Lipinski definition) is 3. The van der Waals surface area contributed by atoms with Gasteiger partial charge in [-0.1, -0.05) is 115 Å². The summed E-state index contributed by atoms with van der Waals surface area (Å²) < 4.78 is 13.6. The Morgan fingerprint density at radius 2 is 0.911 bits per heavy atom. The monoisotopic (exact) mass is 717 g/mol. The number of aromatic nitrogens is 5. The van der Waals surface area contributed by atoms with Gasteiger partial charge in [-0.25, -0.2) is 0 Å². The van der Waals surface area contributed by atoms with Gasteiger partial charge < -0.3 is 13.6 Å². The number of fused-ring (bicyclic) bond motifs is 10. The topological polar surface area (TPSA) is 53.7 Å². The lowest BCUT2D eigenvalue weighted by atomic mass is 10.1. The molecule has 262 valence electrons. The van der Waals surface area contributed by atoms with Crippen molar-refractivity contribution in [3.05, 3.63) is 188 Å². The van der Waals surface area contributed by atoms with Gasteiger partial charge in [-0.15, -0.1) is 10.2 Å². The van der Waals surface area contributed by atoms with Crippen LogP contribution in [0.2, 0.25) is 0 Å². The van der Waals surface area contributed by atoms with E-state index in [4.69, 9.17) is 14.6 Å². The molecule has 12 aromatic rings. The summed E-state index contributed by atoms with van der Waals surface area (Å²) in [6.07, 6.45) is 0. The molecular weight excluding hydrogens is 687 g/mol. The Hall–Kier alpha value is -7.70. The van der Waals surface area contributed by atoms with Gasteiger partial charge in [-0.2, -0.15) is 0 Å². The maximum absolute atomic E-state index is 6.62. The number of nitrogens with zero attached hydrogens (tertiary/aromatic N) is 5. The molecule has 8 aromatic carbocycles. The first-order valence-electron chi connectivity index (χ1n) is 18.8. The van der Waals surface area contributed by atoms with Crippen molar-refractivity contribution in [1.82, 2.24) is 23.9 Å². The van der Waals surface area contributed by atoms with Crippen molar-refractivity contribution in [2.24, 2.45) is 0 Å². The molecule has 12 rings (SSSR count). The summed E-state index contributed by atoms with van der Waals surface area (Å²) in [4.78, 5) is 0. The van der Waals surface area contributed by atoms with E-state index in [1.54, 1.807) is 0 Å². The van der Waals surface area contributed by atoms with E-state index in [9.17, 15) is 0 Å². The Bertz CT molecular complexity index is 3480. The highest BCUT2D eigenvalue weighted by Gasteiger charge is 2.23. The van der Waals surface area contributed by atoms with E-state index in [0.29, 0.717) is 0 Å². The smallest absolute Gasteiger partial charge is 0.168 e. The molecule has 0 spiro atoms. The molecule has 0 fully saturated rings. The third kappa shape index (κ3) is 4.38. The van der Waals surface area contributed by atoms with E-state index in [0.717, 1.165) is 100 Å². The zero-order valence-corrected chi connectivity index (χ0v) is 30.0. The number of hydrogen-bond donors (Lipinski definition) is 0. The van der Waals surface area contributed by atoms with Crippen LogP contribution in [0.5, 0.6) is 0 Å². The molecule has 0 radical (unpaired) electrons. The molecular formula is C50H31N5O. The molecule has 0 bridgehead atoms. The predicted octanol–water partition coefficient (Wildman–Crippen LogP) is 12.7. The standard InChI is InChI=1S/C50H31N5O/c1-3-15-32(16-4-1)49-51-52-50(53(49)34-17-5-2-6-18-34)33-27-29-42-39(31-33)35-19-7-10-22-40(35)54(42)43-24-12-13-25-44(43)55-41-23-11-8-21-38(41)47-45(55)30-28-37-36-20-9-14-26-46(36)56-48(37)47/h1-31H. The summed E-state index contributed by atoms with van der Waals surface area (Å²) in [6, 6.07) is 66.1. The van der Waals surface area contributed by atoms with Crippen LogP contribution in [-0.2, 0) is 0 Å². The van der Waals surface area contributed by atoms with Gasteiger partial charge in [-0.3, -0.25) is 4.57 Å². The van der Waals surface area contributed by atoms with Crippen molar-refractivity contribution in [2.75, 3.05) is 0 Å². The molecule has 0 unspecified atom stereocenters. The number of benzene rings is 8. The molecule has 0 aliphatic heterocycles. The third-order valence-corrected chi connectivity index (χ3v) is 11.2. The minimum Gasteiger partial charge on any atom is -0.455 e. The molecule has 4 aromatic heterocycles. The van der Waals surface area contributed by atoms with Crippen molar-refractivity contribution in [1.29, 1.82) is 0 Å². The van der Waals surface area contributed by atoms with Gasteiger partial charge in [0.15, 0.2) is 11.6 Å². The molecule has 0 saturated carbocycles. The minimum atomic E-state index is 0.788. The van der Waals surface area contributed by atoms with Crippen LogP contribution in [0, 0.1) is 0 Å². The predicted molar refractivity (Wildman–Crippen MR) is 228 cm³/mol. The summed E-state index contributed by atoms with van der Waals surface area (Å²) in [7, 11) is 0. The van der Waals surface area contributed by atoms with Gasteiger partial charge in [-0.05, 0) is 72.8 Å². The average molecular weight is 718 g/mol. The fraction of sp³-hybridized carbons (Fsp3) is 0. The Balaban J connectivity index is 1.10. The fourth-order valence-electron chi connectivity index (χ4n) is 8.78. The van der Waals surface area contributed by atoms with Gasteiger partial charge >= 0.3 is 0 Å². The Kier molecular flexibility index (Phi) is 6.53. The molecule has 0 saturated heterocycles. The molecule has 6 heteroatoms. The highest BCUT2D eigenvalue weighted by Crippen LogP contribution is 2.43. The van der Waals surface area contributed by atoms with Crippen LogP contribution in [0.4, 0.5) is 0 Å². The third-order valence-electron chi connectivity index (χ3n) is 11.2. The van der Waals surface area contributed by atoms with Crippen molar-refractivity contribution in [3.8, 4) is 39.8 Å². The SMILES string of the molecule is c1ccc(-c2nnc(-c3ccc4c(c3)c3ccccc3n4-c3ccccc3-n3c4ccccc4c4c5oc6ccccc6c5ccc43)n2-c2ccccc2)cc1. The number of rotatable bonds is 5. The van der Waals surface area contributed by atoms with Crippen molar-refractivity contribution < 1.29 is 4.42 Å². The Morgan fingerprint density at radius 1 is 0.357 bits per heavy atom. The van der Waals surface area contributed by atoms with Crippen LogP contribution in [0.25, 0.3) is 105 Å². The summed E-state index contributed by atoms with van der Waals surface area (Å²) in [5.41, 5.74) is 11.4. The molecule has 56 heavy (non-hydrogen) atoms. The lowest BCUT2D eigenvalue weighted by Gasteiger charge is -2.16. The zero-order chi connectivity index (χ0) is 36.7. The van der Waals surface area contributed by atoms with Crippen molar-refractivity contribution in [2.45, 2.75) is 0 Å². The molecule has 4 heterocycles. The maximum Gasteiger partial charge on any atom is 0.168 e. The minimum absolute atomic E-state index is 0.788. The maximum atomic E-state index is 6.62. The quantitative estimate of drug-likeness (QED) is 0.178. The van der Waals surface area contributed by atoms with Gasteiger partial charge in [0.2, 0.25) is 0 Å². The van der Waals surface area contributed by atoms with Crippen molar-refractivity contribution >= 4 is 65.6 Å². The van der Waals surface area contributed by atoms with E-state index in [2.05, 4.69) is 171 Å². The van der Waals surface area contributed by atoms with Gasteiger partial charge in [0.05, 0.1) is 38.8 Å². The van der Waals surface area contributed by atoms with Gasteiger partial charge in [0.25, 0.3) is 0 Å². The lowest BCUT2D eigenvalue weighted by molar-refractivity contribution is 0.673. The van der Waals surface area contributed by atoms with Crippen LogP contribution in [0.1, 0.15) is 0 Å². The summed E-state index contributed by atoms with van der Waals surface area (Å²) in [6.45, 7) is 0. The van der Waals surface area contributed by atoms with E-state index in [1.807, 2.05) is 30.3 Å². The molecule has 0 aliphatic carbocycles. The van der Waals surface area contributed by atoms with Crippen LogP contribution in [0.3, 0.4) is 0 Å². The van der Waals surface area contributed by atoms with E-state index < -0.39 is 0 Å². The molecule has 6 nitrogen and oxygen atoms in total. The van der Waals surface area contributed by atoms with Crippen LogP contribution < -0.4 is 0 Å².